The first-order valence-corrected chi connectivity index (χ1v) is 9.42. The molecule has 0 aromatic carbocycles. The summed E-state index contributed by atoms with van der Waals surface area (Å²) in [5, 5.41) is 13.9. The molecule has 2 aliphatic rings. The highest BCUT2D eigenvalue weighted by Gasteiger charge is 2.47. The Morgan fingerprint density at radius 2 is 1.88 bits per heavy atom. The van der Waals surface area contributed by atoms with Crippen molar-refractivity contribution < 1.29 is 9.53 Å². The van der Waals surface area contributed by atoms with E-state index in [0.717, 1.165) is 51.3 Å². The molecule has 2 rings (SSSR count). The number of carbonyl (C=O) groups excluding carboxylic acids is 1. The molecule has 0 radical (unpaired) electrons. The number of hydrogen-bond donors (Lipinski definition) is 1. The largest absolute Gasteiger partial charge is 0.444 e. The minimum Gasteiger partial charge on any atom is -0.444 e. The van der Waals surface area contributed by atoms with Gasteiger partial charge in [0.25, 0.3) is 0 Å². The van der Waals surface area contributed by atoms with Crippen molar-refractivity contribution in [2.45, 2.75) is 53.1 Å². The van der Waals surface area contributed by atoms with Gasteiger partial charge in [0.15, 0.2) is 0 Å². The van der Waals surface area contributed by atoms with Crippen LogP contribution in [0.25, 0.3) is 0 Å². The van der Waals surface area contributed by atoms with E-state index in [4.69, 9.17) is 10.1 Å². The van der Waals surface area contributed by atoms with E-state index < -0.39 is 5.60 Å². The van der Waals surface area contributed by atoms with Gasteiger partial charge in [0.2, 0.25) is 0 Å². The van der Waals surface area contributed by atoms with Gasteiger partial charge in [0.1, 0.15) is 5.60 Å². The predicted octanol–water partition coefficient (Wildman–Crippen LogP) is 3.14. The molecule has 0 unspecified atom stereocenters. The van der Waals surface area contributed by atoms with Crippen LogP contribution in [0.5, 0.6) is 0 Å². The van der Waals surface area contributed by atoms with Gasteiger partial charge < -0.3 is 19.9 Å². The van der Waals surface area contributed by atoms with Gasteiger partial charge in [0, 0.05) is 56.8 Å². The Hall–Kier alpha value is -2.05. The molecule has 146 valence electrons. The van der Waals surface area contributed by atoms with E-state index in [0.29, 0.717) is 0 Å². The van der Waals surface area contributed by atoms with Gasteiger partial charge in [-0.25, -0.2) is 4.79 Å². The lowest BCUT2D eigenvalue weighted by molar-refractivity contribution is -0.0555. The van der Waals surface area contributed by atoms with Crippen LogP contribution < -0.4 is 0 Å². The topological polar surface area (TPSA) is 72.2 Å². The summed E-state index contributed by atoms with van der Waals surface area (Å²) in [6.07, 6.45) is 6.94. The number of amides is 1. The molecule has 0 bridgehead atoms. The Kier molecular flexibility index (Phi) is 6.31. The summed E-state index contributed by atoms with van der Waals surface area (Å²) in [4.78, 5) is 16.2. The van der Waals surface area contributed by atoms with E-state index in [1.165, 1.54) is 6.21 Å². The van der Waals surface area contributed by atoms with Crippen LogP contribution in [0.2, 0.25) is 0 Å². The van der Waals surface area contributed by atoms with E-state index in [9.17, 15) is 4.79 Å². The molecule has 0 aliphatic carbocycles. The molecular weight excluding hydrogens is 330 g/mol. The van der Waals surface area contributed by atoms with Crippen molar-refractivity contribution in [2.75, 3.05) is 32.7 Å². The summed E-state index contributed by atoms with van der Waals surface area (Å²) in [6.45, 7) is 13.7. The number of piperidine rings is 1. The first kappa shape index (κ1) is 20.3. The Morgan fingerprint density at radius 3 is 2.35 bits per heavy atom. The smallest absolute Gasteiger partial charge is 0.410 e. The van der Waals surface area contributed by atoms with Crippen molar-refractivity contribution in [2.24, 2.45) is 10.5 Å². The summed E-state index contributed by atoms with van der Waals surface area (Å²) >= 11 is 0. The van der Waals surface area contributed by atoms with Crippen molar-refractivity contribution in [3.63, 3.8) is 0 Å². The number of hydrogen-bond acceptors (Lipinski definition) is 6. The average Bonchev–Trinajstić information content (AvgIpc) is 2.55. The summed E-state index contributed by atoms with van der Waals surface area (Å²) in [6, 6.07) is 0. The normalized spacial score (nSPS) is 20.3. The highest BCUT2D eigenvalue weighted by Crippen LogP contribution is 2.41. The van der Waals surface area contributed by atoms with Crippen LogP contribution >= 0.6 is 0 Å². The van der Waals surface area contributed by atoms with E-state index >= 15 is 0 Å². The molecule has 1 spiro atoms. The van der Waals surface area contributed by atoms with Gasteiger partial charge in [-0.1, -0.05) is 0 Å². The maximum absolute atomic E-state index is 12.1. The van der Waals surface area contributed by atoms with Crippen LogP contribution in [0.4, 0.5) is 4.79 Å². The molecule has 1 amide bonds. The third-order valence-corrected chi connectivity index (χ3v) is 4.91. The second kappa shape index (κ2) is 8.10. The monoisotopic (exact) mass is 363 g/mol. The summed E-state index contributed by atoms with van der Waals surface area (Å²) in [5.74, 6) is 0. The zero-order valence-corrected chi connectivity index (χ0v) is 16.8. The number of carbonyl (C=O) groups is 1. The fourth-order valence-electron chi connectivity index (χ4n) is 3.49. The zero-order chi connectivity index (χ0) is 19.4. The van der Waals surface area contributed by atoms with Crippen molar-refractivity contribution in [3.05, 3.63) is 11.9 Å². The number of rotatable bonds is 5. The number of likely N-dealkylation sites (tertiary alicyclic amines) is 2. The number of ether oxygens (including phenoxy) is 1. The number of allylic oxidation sites excluding steroid dienone is 1. The lowest BCUT2D eigenvalue weighted by Crippen LogP contribution is -2.62. The van der Waals surface area contributed by atoms with E-state index in [1.54, 1.807) is 6.21 Å². The van der Waals surface area contributed by atoms with Crippen LogP contribution in [0, 0.1) is 10.8 Å². The average molecular weight is 364 g/mol. The molecule has 7 heteroatoms. The Morgan fingerprint density at radius 1 is 1.27 bits per heavy atom. The van der Waals surface area contributed by atoms with Crippen molar-refractivity contribution in [1.29, 1.82) is 5.41 Å². The highest BCUT2D eigenvalue weighted by atomic mass is 16.6. The Labute approximate surface area is 157 Å². The van der Waals surface area contributed by atoms with Gasteiger partial charge >= 0.3 is 6.09 Å². The number of hydrazone groups is 1. The molecule has 2 saturated heterocycles. The van der Waals surface area contributed by atoms with Crippen LogP contribution in [0.1, 0.15) is 47.5 Å². The van der Waals surface area contributed by atoms with Crippen molar-refractivity contribution in [1.82, 2.24) is 14.8 Å². The molecule has 26 heavy (non-hydrogen) atoms. The van der Waals surface area contributed by atoms with Gasteiger partial charge in [-0.3, -0.25) is 5.01 Å². The van der Waals surface area contributed by atoms with Gasteiger partial charge in [0.05, 0.1) is 5.70 Å². The van der Waals surface area contributed by atoms with E-state index in [-0.39, 0.29) is 11.5 Å². The molecule has 7 nitrogen and oxygen atoms in total. The molecule has 0 aromatic rings. The standard InChI is InChI=1S/C19H33N5O2/c1-6-21-24(7-2)13-16(12-20)22-10-8-19(9-11-22)14-23(15-19)17(25)26-18(3,4)5/h6,12-13,20H,7-11,14-15H2,1-5H3/b16-13+,20-12?,21-6-. The minimum absolute atomic E-state index is 0.207. The Bertz CT molecular complexity index is 563. The predicted molar refractivity (Wildman–Crippen MR) is 104 cm³/mol. The first-order valence-electron chi connectivity index (χ1n) is 9.42. The number of nitrogens with zero attached hydrogens (tertiary/aromatic N) is 4. The van der Waals surface area contributed by atoms with Crippen molar-refractivity contribution in [3.8, 4) is 0 Å². The van der Waals surface area contributed by atoms with Gasteiger partial charge in [-0.05, 0) is 47.5 Å². The van der Waals surface area contributed by atoms with Crippen LogP contribution in [0.3, 0.4) is 0 Å². The van der Waals surface area contributed by atoms with Crippen LogP contribution in [-0.2, 0) is 4.74 Å². The molecule has 2 fully saturated rings. The molecule has 1 N–H and O–H groups in total. The van der Waals surface area contributed by atoms with Crippen LogP contribution in [0.15, 0.2) is 17.0 Å². The fraction of sp³-hybridized carbons (Fsp3) is 0.737. The lowest BCUT2D eigenvalue weighted by atomic mass is 9.72. The highest BCUT2D eigenvalue weighted by molar-refractivity contribution is 5.74. The Balaban J connectivity index is 1.88. The molecular formula is C19H33N5O2. The molecule has 2 aliphatic heterocycles. The first-order chi connectivity index (χ1) is 12.2. The lowest BCUT2D eigenvalue weighted by Gasteiger charge is -2.54. The quantitative estimate of drug-likeness (QED) is 0.602. The zero-order valence-electron chi connectivity index (χ0n) is 16.8. The van der Waals surface area contributed by atoms with Crippen molar-refractivity contribution >= 4 is 18.5 Å². The summed E-state index contributed by atoms with van der Waals surface area (Å²) < 4.78 is 5.45. The van der Waals surface area contributed by atoms with Gasteiger partial charge in [-0.2, -0.15) is 5.10 Å². The molecule has 0 aromatic heterocycles. The third-order valence-electron chi connectivity index (χ3n) is 4.91. The summed E-state index contributed by atoms with van der Waals surface area (Å²) in [5.41, 5.74) is 0.654. The SMILES string of the molecule is C/C=N\N(/C=C(\C=N)N1CCC2(CC1)CN(C(=O)OC(C)(C)C)C2)CC. The minimum atomic E-state index is -0.445. The van der Waals surface area contributed by atoms with E-state index in [1.807, 2.05) is 50.7 Å². The molecule has 2 heterocycles. The second-order valence-electron chi connectivity index (χ2n) is 8.15. The maximum atomic E-state index is 12.1. The molecule has 0 saturated carbocycles. The third kappa shape index (κ3) is 4.99. The van der Waals surface area contributed by atoms with Crippen LogP contribution in [-0.4, -0.2) is 71.7 Å². The van der Waals surface area contributed by atoms with E-state index in [2.05, 4.69) is 10.0 Å². The number of nitrogens with one attached hydrogen (secondary N) is 1. The molecule has 0 atom stereocenters. The fourth-order valence-corrected chi connectivity index (χ4v) is 3.49. The summed E-state index contributed by atoms with van der Waals surface area (Å²) in [7, 11) is 0. The second-order valence-corrected chi connectivity index (χ2v) is 8.15. The maximum Gasteiger partial charge on any atom is 0.410 e. The van der Waals surface area contributed by atoms with Gasteiger partial charge in [-0.15, -0.1) is 0 Å².